The minimum atomic E-state index is -3.18. The van der Waals surface area contributed by atoms with Crippen molar-refractivity contribution in [2.45, 2.75) is 25.3 Å². The van der Waals surface area contributed by atoms with E-state index in [4.69, 9.17) is 0 Å². The zero-order valence-corrected chi connectivity index (χ0v) is 9.60. The van der Waals surface area contributed by atoms with E-state index in [1.807, 2.05) is 17.0 Å². The molecule has 0 saturated heterocycles. The van der Waals surface area contributed by atoms with E-state index in [2.05, 4.69) is 5.10 Å². The van der Waals surface area contributed by atoms with Gasteiger partial charge in [0.05, 0.1) is 23.7 Å². The van der Waals surface area contributed by atoms with Crippen molar-refractivity contribution in [1.82, 2.24) is 9.78 Å². The van der Waals surface area contributed by atoms with E-state index in [1.54, 1.807) is 12.4 Å². The topological polar surface area (TPSA) is 55.2 Å². The average Bonchev–Trinajstić information content (AvgIpc) is 2.98. The third-order valence-electron chi connectivity index (χ3n) is 2.85. The molecule has 86 valence electrons. The Hall–Kier alpha value is -1.30. The van der Waals surface area contributed by atoms with E-state index in [-0.39, 0.29) is 5.75 Å². The molecular weight excluding hydrogens is 226 g/mol. The van der Waals surface area contributed by atoms with Crippen molar-refractivity contribution in [1.29, 1.82) is 0 Å². The van der Waals surface area contributed by atoms with Gasteiger partial charge in [-0.3, -0.25) is 4.68 Å². The van der Waals surface area contributed by atoms with Crippen LogP contribution in [0.15, 0.2) is 24.7 Å². The van der Waals surface area contributed by atoms with Gasteiger partial charge in [-0.15, -0.1) is 0 Å². The van der Waals surface area contributed by atoms with Crippen LogP contribution in [-0.2, 0) is 10.0 Å². The Morgan fingerprint density at radius 3 is 2.88 bits per heavy atom. The fraction of sp³-hybridized carbons (Fsp3) is 0.500. The van der Waals surface area contributed by atoms with Crippen LogP contribution in [0.3, 0.4) is 0 Å². The Bertz CT molecular complexity index is 528. The fourth-order valence-electron chi connectivity index (χ4n) is 1.81. The summed E-state index contributed by atoms with van der Waals surface area (Å²) in [6.45, 7) is 0. The van der Waals surface area contributed by atoms with Gasteiger partial charge in [-0.1, -0.05) is 6.08 Å². The van der Waals surface area contributed by atoms with Crippen molar-refractivity contribution in [3.05, 3.63) is 24.7 Å². The van der Waals surface area contributed by atoms with E-state index in [9.17, 15) is 8.42 Å². The number of anilines is 1. The Balaban J connectivity index is 1.95. The van der Waals surface area contributed by atoms with E-state index in [0.717, 1.165) is 12.8 Å². The summed E-state index contributed by atoms with van der Waals surface area (Å²) >= 11 is 0. The molecule has 2 aliphatic rings. The van der Waals surface area contributed by atoms with Crippen LogP contribution in [0.5, 0.6) is 0 Å². The third-order valence-corrected chi connectivity index (χ3v) is 4.53. The molecule has 0 atom stereocenters. The Morgan fingerprint density at radius 2 is 2.19 bits per heavy atom. The molecule has 0 unspecified atom stereocenters. The minimum Gasteiger partial charge on any atom is -0.267 e. The highest BCUT2D eigenvalue weighted by Gasteiger charge is 2.27. The molecule has 0 aromatic carbocycles. The Kier molecular flexibility index (Phi) is 2.07. The van der Waals surface area contributed by atoms with Gasteiger partial charge in [0, 0.05) is 12.4 Å². The number of hydrogen-bond donors (Lipinski definition) is 0. The van der Waals surface area contributed by atoms with Crippen LogP contribution in [0.1, 0.15) is 25.3 Å². The van der Waals surface area contributed by atoms with Gasteiger partial charge in [-0.05, 0) is 19.3 Å². The van der Waals surface area contributed by atoms with Crippen molar-refractivity contribution in [2.24, 2.45) is 0 Å². The molecule has 6 heteroatoms. The molecule has 16 heavy (non-hydrogen) atoms. The number of aromatic nitrogens is 2. The maximum atomic E-state index is 11.8. The first-order valence-corrected chi connectivity index (χ1v) is 7.01. The van der Waals surface area contributed by atoms with Gasteiger partial charge in [0.2, 0.25) is 10.0 Å². The largest absolute Gasteiger partial charge is 0.267 e. The third kappa shape index (κ3) is 1.63. The van der Waals surface area contributed by atoms with Crippen molar-refractivity contribution < 1.29 is 8.42 Å². The van der Waals surface area contributed by atoms with Crippen LogP contribution in [0, 0.1) is 0 Å². The maximum absolute atomic E-state index is 11.8. The van der Waals surface area contributed by atoms with E-state index < -0.39 is 10.0 Å². The van der Waals surface area contributed by atoms with Crippen molar-refractivity contribution in [3.8, 4) is 0 Å². The minimum absolute atomic E-state index is 0.179. The van der Waals surface area contributed by atoms with Crippen LogP contribution in [-0.4, -0.2) is 24.0 Å². The highest BCUT2D eigenvalue weighted by atomic mass is 32.2. The van der Waals surface area contributed by atoms with Crippen LogP contribution in [0.4, 0.5) is 5.69 Å². The summed E-state index contributed by atoms with van der Waals surface area (Å²) in [4.78, 5) is 0. The second-order valence-corrected chi connectivity index (χ2v) is 6.16. The van der Waals surface area contributed by atoms with Gasteiger partial charge in [0.25, 0.3) is 0 Å². The average molecular weight is 239 g/mol. The lowest BCUT2D eigenvalue weighted by Crippen LogP contribution is -2.30. The van der Waals surface area contributed by atoms with Gasteiger partial charge in [-0.2, -0.15) is 5.10 Å². The highest BCUT2D eigenvalue weighted by Crippen LogP contribution is 2.35. The molecule has 5 nitrogen and oxygen atoms in total. The standard InChI is InChI=1S/C10H13N3O2S/c14-16(15)6-2-1-5-13(16)10-7-11-12(8-10)9-3-4-9/h1,5,7-9H,2-4,6H2. The van der Waals surface area contributed by atoms with Crippen LogP contribution in [0.2, 0.25) is 0 Å². The predicted molar refractivity (Wildman–Crippen MR) is 60.5 cm³/mol. The number of hydrogen-bond acceptors (Lipinski definition) is 3. The Morgan fingerprint density at radius 1 is 1.38 bits per heavy atom. The summed E-state index contributed by atoms with van der Waals surface area (Å²) in [6.07, 6.45) is 9.79. The van der Waals surface area contributed by atoms with E-state index in [0.29, 0.717) is 18.2 Å². The lowest BCUT2D eigenvalue weighted by atomic mass is 10.4. The van der Waals surface area contributed by atoms with Crippen LogP contribution < -0.4 is 4.31 Å². The number of nitrogens with zero attached hydrogens (tertiary/aromatic N) is 3. The molecule has 1 aliphatic carbocycles. The summed E-state index contributed by atoms with van der Waals surface area (Å²) in [5, 5.41) is 4.20. The molecule has 0 spiro atoms. The molecule has 1 aromatic rings. The smallest absolute Gasteiger partial charge is 0.239 e. The van der Waals surface area contributed by atoms with Gasteiger partial charge in [0.1, 0.15) is 0 Å². The lowest BCUT2D eigenvalue weighted by molar-refractivity contribution is 0.593. The quantitative estimate of drug-likeness (QED) is 0.781. The molecule has 0 N–H and O–H groups in total. The molecule has 1 saturated carbocycles. The molecular formula is C10H13N3O2S. The van der Waals surface area contributed by atoms with Crippen molar-refractivity contribution in [3.63, 3.8) is 0 Å². The van der Waals surface area contributed by atoms with Crippen molar-refractivity contribution in [2.75, 3.05) is 10.1 Å². The van der Waals surface area contributed by atoms with E-state index >= 15 is 0 Å². The van der Waals surface area contributed by atoms with Gasteiger partial charge in [0.15, 0.2) is 0 Å². The summed E-state index contributed by atoms with van der Waals surface area (Å²) in [6, 6.07) is 0.477. The zero-order valence-electron chi connectivity index (χ0n) is 8.78. The second-order valence-electron chi connectivity index (χ2n) is 4.20. The molecule has 1 fully saturated rings. The molecule has 2 heterocycles. The summed E-state index contributed by atoms with van der Waals surface area (Å²) in [5.41, 5.74) is 0.642. The maximum Gasteiger partial charge on any atom is 0.239 e. The Labute approximate surface area is 94.4 Å². The van der Waals surface area contributed by atoms with Gasteiger partial charge < -0.3 is 0 Å². The summed E-state index contributed by atoms with van der Waals surface area (Å²) < 4.78 is 26.8. The first-order valence-electron chi connectivity index (χ1n) is 5.40. The lowest BCUT2D eigenvalue weighted by Gasteiger charge is -2.21. The summed E-state index contributed by atoms with van der Waals surface area (Å²) in [5.74, 6) is 0.179. The first kappa shape index (κ1) is 9.89. The number of sulfonamides is 1. The van der Waals surface area contributed by atoms with E-state index in [1.165, 1.54) is 4.31 Å². The second kappa shape index (κ2) is 3.35. The first-order chi connectivity index (χ1) is 7.67. The van der Waals surface area contributed by atoms with Gasteiger partial charge >= 0.3 is 0 Å². The summed E-state index contributed by atoms with van der Waals surface area (Å²) in [7, 11) is -3.18. The molecule has 3 rings (SSSR count). The monoisotopic (exact) mass is 239 g/mol. The SMILES string of the molecule is O=S1(=O)CCC=CN1c1cnn(C2CC2)c1. The van der Waals surface area contributed by atoms with Crippen LogP contribution in [0.25, 0.3) is 0 Å². The fourth-order valence-corrected chi connectivity index (χ4v) is 3.12. The van der Waals surface area contributed by atoms with Gasteiger partial charge in [-0.25, -0.2) is 12.7 Å². The normalized spacial score (nSPS) is 23.6. The predicted octanol–water partition coefficient (Wildman–Crippen LogP) is 1.27. The molecule has 0 radical (unpaired) electrons. The number of rotatable bonds is 2. The number of allylic oxidation sites excluding steroid dienone is 1. The molecule has 1 aliphatic heterocycles. The highest BCUT2D eigenvalue weighted by molar-refractivity contribution is 7.93. The van der Waals surface area contributed by atoms with Crippen molar-refractivity contribution >= 4 is 15.7 Å². The molecule has 0 amide bonds. The molecule has 1 aromatic heterocycles. The molecule has 0 bridgehead atoms. The zero-order chi connectivity index (χ0) is 11.2. The van der Waals surface area contributed by atoms with Crippen LogP contribution >= 0.6 is 0 Å².